The second-order valence-corrected chi connectivity index (χ2v) is 5.91. The van der Waals surface area contributed by atoms with E-state index in [1.54, 1.807) is 11.8 Å². The summed E-state index contributed by atoms with van der Waals surface area (Å²) in [5.74, 6) is 1.33. The van der Waals surface area contributed by atoms with Crippen LogP contribution in [-0.2, 0) is 4.79 Å². The van der Waals surface area contributed by atoms with Crippen molar-refractivity contribution in [1.29, 1.82) is 0 Å². The van der Waals surface area contributed by atoms with Crippen molar-refractivity contribution in [2.24, 2.45) is 0 Å². The van der Waals surface area contributed by atoms with Crippen molar-refractivity contribution >= 4 is 39.7 Å². The number of rotatable bonds is 5. The van der Waals surface area contributed by atoms with E-state index in [0.29, 0.717) is 12.2 Å². The summed E-state index contributed by atoms with van der Waals surface area (Å²) in [6.45, 7) is 2.06. The van der Waals surface area contributed by atoms with Crippen LogP contribution in [0.3, 0.4) is 0 Å². The van der Waals surface area contributed by atoms with E-state index in [9.17, 15) is 4.79 Å². The first-order chi connectivity index (χ1) is 9.19. The third kappa shape index (κ3) is 4.18. The molecule has 19 heavy (non-hydrogen) atoms. The Balaban J connectivity index is 1.97. The number of hydrogen-bond donors (Lipinski definition) is 0. The molecule has 1 aliphatic rings. The van der Waals surface area contributed by atoms with Gasteiger partial charge in [-0.15, -0.1) is 11.8 Å². The van der Waals surface area contributed by atoms with Gasteiger partial charge in [-0.25, -0.2) is 0 Å². The molecule has 0 aliphatic carbocycles. The van der Waals surface area contributed by atoms with E-state index in [2.05, 4.69) is 6.92 Å². The fourth-order valence-electron chi connectivity index (χ4n) is 1.74. The molecule has 0 saturated heterocycles. The van der Waals surface area contributed by atoms with Crippen molar-refractivity contribution in [2.75, 3.05) is 5.75 Å². The lowest BCUT2D eigenvalue weighted by Gasteiger charge is -2.05. The third-order valence-corrected chi connectivity index (χ3v) is 4.33. The zero-order valence-electron chi connectivity index (χ0n) is 10.8. The van der Waals surface area contributed by atoms with Crippen LogP contribution in [0, 0.1) is 0 Å². The zero-order valence-corrected chi connectivity index (χ0v) is 12.5. The third-order valence-electron chi connectivity index (χ3n) is 2.77. The molecule has 0 N–H and O–H groups in total. The maximum Gasteiger partial charge on any atom is 0.311 e. The van der Waals surface area contributed by atoms with Gasteiger partial charge in [0, 0.05) is 21.9 Å². The highest BCUT2D eigenvalue weighted by molar-refractivity contribution is 8.10. The minimum Gasteiger partial charge on any atom is -0.427 e. The Hall–Kier alpha value is -1.13. The predicted octanol–water partition coefficient (Wildman–Crippen LogP) is 4.24. The standard InChI is InChI=1S/C15H16O2S2/c1-2-3-4-15(16)17-12-7-5-11(6-8-12)14-9-13(18)10-19-14/h5-9H,2-4,10H2,1H3. The first-order valence-corrected chi connectivity index (χ1v) is 7.77. The van der Waals surface area contributed by atoms with Crippen LogP contribution in [-0.4, -0.2) is 16.6 Å². The summed E-state index contributed by atoms with van der Waals surface area (Å²) >= 11 is 6.90. The summed E-state index contributed by atoms with van der Waals surface area (Å²) in [5, 5.41) is 0. The minimum absolute atomic E-state index is 0.162. The molecule has 0 fully saturated rings. The average molecular weight is 292 g/mol. The molecule has 4 heteroatoms. The van der Waals surface area contributed by atoms with E-state index in [-0.39, 0.29) is 5.97 Å². The number of carbonyl (C=O) groups is 1. The second kappa shape index (κ2) is 6.87. The maximum absolute atomic E-state index is 11.5. The van der Waals surface area contributed by atoms with Gasteiger partial charge in [0.05, 0.1) is 0 Å². The van der Waals surface area contributed by atoms with Crippen molar-refractivity contribution in [2.45, 2.75) is 26.2 Å². The molecule has 1 aliphatic heterocycles. The number of ether oxygens (including phenoxy) is 1. The monoisotopic (exact) mass is 292 g/mol. The number of thiocarbonyl (C=S) groups is 1. The summed E-state index contributed by atoms with van der Waals surface area (Å²) in [7, 11) is 0. The Morgan fingerprint density at radius 3 is 2.68 bits per heavy atom. The fraction of sp³-hybridized carbons (Fsp3) is 0.333. The molecule has 100 valence electrons. The molecule has 0 saturated carbocycles. The van der Waals surface area contributed by atoms with Crippen molar-refractivity contribution < 1.29 is 9.53 Å². The maximum atomic E-state index is 11.5. The SMILES string of the molecule is CCCCC(=O)Oc1ccc(C2=CC(=S)CS2)cc1. The normalized spacial score (nSPS) is 14.4. The lowest BCUT2D eigenvalue weighted by molar-refractivity contribution is -0.134. The van der Waals surface area contributed by atoms with E-state index < -0.39 is 0 Å². The molecule has 0 aromatic heterocycles. The van der Waals surface area contributed by atoms with Gasteiger partial charge < -0.3 is 4.74 Å². The summed E-state index contributed by atoms with van der Waals surface area (Å²) in [6, 6.07) is 7.61. The number of thioether (sulfide) groups is 1. The summed E-state index contributed by atoms with van der Waals surface area (Å²) in [5.41, 5.74) is 1.12. The Morgan fingerprint density at radius 1 is 1.37 bits per heavy atom. The number of hydrogen-bond acceptors (Lipinski definition) is 4. The van der Waals surface area contributed by atoms with Crippen LogP contribution >= 0.6 is 24.0 Å². The fourth-order valence-corrected chi connectivity index (χ4v) is 3.01. The number of carbonyl (C=O) groups excluding carboxylic acids is 1. The summed E-state index contributed by atoms with van der Waals surface area (Å²) < 4.78 is 5.26. The molecule has 0 unspecified atom stereocenters. The van der Waals surface area contributed by atoms with Gasteiger partial charge in [-0.05, 0) is 30.2 Å². The van der Waals surface area contributed by atoms with Gasteiger partial charge in [0.15, 0.2) is 0 Å². The van der Waals surface area contributed by atoms with Gasteiger partial charge in [0.2, 0.25) is 0 Å². The molecule has 0 bridgehead atoms. The van der Waals surface area contributed by atoms with Crippen molar-refractivity contribution in [1.82, 2.24) is 0 Å². The van der Waals surface area contributed by atoms with Gasteiger partial charge in [-0.2, -0.15) is 0 Å². The Kier molecular flexibility index (Phi) is 5.16. The van der Waals surface area contributed by atoms with Gasteiger partial charge in [-0.3, -0.25) is 4.79 Å². The minimum atomic E-state index is -0.162. The van der Waals surface area contributed by atoms with Crippen LogP contribution in [0.25, 0.3) is 4.91 Å². The number of allylic oxidation sites excluding steroid dienone is 1. The number of benzene rings is 1. The Bertz CT molecular complexity index is 503. The van der Waals surface area contributed by atoms with Crippen LogP contribution in [0.5, 0.6) is 5.75 Å². The molecule has 1 heterocycles. The number of esters is 1. The van der Waals surface area contributed by atoms with Crippen LogP contribution in [0.1, 0.15) is 31.7 Å². The Morgan fingerprint density at radius 2 is 2.11 bits per heavy atom. The van der Waals surface area contributed by atoms with Gasteiger partial charge in [0.25, 0.3) is 0 Å². The van der Waals surface area contributed by atoms with Gasteiger partial charge >= 0.3 is 5.97 Å². The summed E-state index contributed by atoms with van der Waals surface area (Å²) in [4.78, 5) is 13.7. The largest absolute Gasteiger partial charge is 0.427 e. The Labute approximate surface area is 123 Å². The van der Waals surface area contributed by atoms with E-state index in [4.69, 9.17) is 17.0 Å². The lowest BCUT2D eigenvalue weighted by Crippen LogP contribution is -2.07. The highest BCUT2D eigenvalue weighted by Gasteiger charge is 2.12. The smallest absolute Gasteiger partial charge is 0.311 e. The average Bonchev–Trinajstić information content (AvgIpc) is 2.84. The van der Waals surface area contributed by atoms with Crippen LogP contribution in [0.2, 0.25) is 0 Å². The van der Waals surface area contributed by atoms with E-state index >= 15 is 0 Å². The molecule has 1 aromatic rings. The van der Waals surface area contributed by atoms with E-state index in [1.165, 1.54) is 4.91 Å². The molecule has 1 aromatic carbocycles. The first kappa shape index (κ1) is 14.3. The molecule has 2 nitrogen and oxygen atoms in total. The van der Waals surface area contributed by atoms with Crippen LogP contribution in [0.15, 0.2) is 30.3 Å². The molecule has 0 atom stereocenters. The molecule has 0 spiro atoms. The van der Waals surface area contributed by atoms with Crippen molar-refractivity contribution in [3.63, 3.8) is 0 Å². The molecular weight excluding hydrogens is 276 g/mol. The van der Waals surface area contributed by atoms with E-state index in [1.807, 2.05) is 30.3 Å². The van der Waals surface area contributed by atoms with Crippen molar-refractivity contribution in [3.8, 4) is 5.75 Å². The van der Waals surface area contributed by atoms with Crippen molar-refractivity contribution in [3.05, 3.63) is 35.9 Å². The number of unbranched alkanes of at least 4 members (excludes halogenated alkanes) is 1. The highest BCUT2D eigenvalue weighted by atomic mass is 32.2. The zero-order chi connectivity index (χ0) is 13.7. The molecule has 0 amide bonds. The lowest BCUT2D eigenvalue weighted by atomic mass is 10.2. The molecule has 2 rings (SSSR count). The first-order valence-electron chi connectivity index (χ1n) is 6.37. The topological polar surface area (TPSA) is 26.3 Å². The van der Waals surface area contributed by atoms with Crippen LogP contribution < -0.4 is 4.74 Å². The highest BCUT2D eigenvalue weighted by Crippen LogP contribution is 2.33. The predicted molar refractivity (Wildman–Crippen MR) is 84.6 cm³/mol. The molecular formula is C15H16O2S2. The second-order valence-electron chi connectivity index (χ2n) is 4.37. The van der Waals surface area contributed by atoms with Gasteiger partial charge in [-0.1, -0.05) is 37.7 Å². The summed E-state index contributed by atoms with van der Waals surface area (Å²) in [6.07, 6.45) is 4.38. The van der Waals surface area contributed by atoms with E-state index in [0.717, 1.165) is 29.0 Å². The quantitative estimate of drug-likeness (QED) is 0.460. The molecule has 0 radical (unpaired) electrons. The van der Waals surface area contributed by atoms with Crippen LogP contribution in [0.4, 0.5) is 0 Å². The van der Waals surface area contributed by atoms with Gasteiger partial charge in [0.1, 0.15) is 5.75 Å².